The predicted octanol–water partition coefficient (Wildman–Crippen LogP) is 1.84. The molecule has 10 heteroatoms. The van der Waals surface area contributed by atoms with Gasteiger partial charge in [-0.1, -0.05) is 17.7 Å². The lowest BCUT2D eigenvalue weighted by Crippen LogP contribution is -2.57. The molecule has 8 nitrogen and oxygen atoms in total. The summed E-state index contributed by atoms with van der Waals surface area (Å²) in [6.45, 7) is 3.82. The average Bonchev–Trinajstić information content (AvgIpc) is 2.97. The molecule has 176 valence electrons. The number of likely N-dealkylation sites (tertiary alicyclic amines) is 1. The van der Waals surface area contributed by atoms with Crippen molar-refractivity contribution in [3.8, 4) is 0 Å². The van der Waals surface area contributed by atoms with Crippen LogP contribution >= 0.6 is 11.6 Å². The molecule has 0 aliphatic carbocycles. The number of piperidine rings is 1. The Bertz CT molecular complexity index is 1090. The van der Waals surface area contributed by atoms with Gasteiger partial charge in [-0.25, -0.2) is 4.39 Å². The number of fused-ring (bicyclic) bond motifs is 2. The second-order valence-corrected chi connectivity index (χ2v) is 9.40. The van der Waals surface area contributed by atoms with Gasteiger partial charge in [-0.2, -0.15) is 0 Å². The van der Waals surface area contributed by atoms with E-state index in [0.717, 1.165) is 0 Å². The van der Waals surface area contributed by atoms with Crippen molar-refractivity contribution in [3.05, 3.63) is 46.0 Å². The fourth-order valence-corrected chi connectivity index (χ4v) is 4.97. The third kappa shape index (κ3) is 3.73. The summed E-state index contributed by atoms with van der Waals surface area (Å²) in [4.78, 5) is 56.8. The molecule has 1 aromatic carbocycles. The molecule has 1 N–H and O–H groups in total. The Balaban J connectivity index is 1.69. The molecule has 0 bridgehead atoms. The molecule has 4 rings (SSSR count). The Kier molecular flexibility index (Phi) is 6.05. The van der Waals surface area contributed by atoms with Crippen molar-refractivity contribution in [2.45, 2.75) is 45.2 Å². The number of ketones is 1. The van der Waals surface area contributed by atoms with E-state index in [-0.39, 0.29) is 37.2 Å². The van der Waals surface area contributed by atoms with Gasteiger partial charge < -0.3 is 10.0 Å². The number of rotatable bonds is 6. The maximum Gasteiger partial charge on any atom is 0.297 e. The maximum atomic E-state index is 13.5. The number of aliphatic hydroxyl groups is 1. The van der Waals surface area contributed by atoms with Gasteiger partial charge in [-0.15, -0.1) is 0 Å². The fraction of sp³-hybridized carbons (Fsp3) is 0.478. The van der Waals surface area contributed by atoms with Crippen molar-refractivity contribution in [1.29, 1.82) is 0 Å². The molecule has 2 fully saturated rings. The van der Waals surface area contributed by atoms with E-state index in [0.29, 0.717) is 36.2 Å². The molecule has 0 spiro atoms. The zero-order chi connectivity index (χ0) is 24.1. The van der Waals surface area contributed by atoms with Gasteiger partial charge >= 0.3 is 0 Å². The number of hydrogen-bond donors (Lipinski definition) is 1. The molecule has 1 unspecified atom stereocenters. The minimum Gasteiger partial charge on any atom is -0.396 e. The normalized spacial score (nSPS) is 22.3. The van der Waals surface area contributed by atoms with E-state index < -0.39 is 34.9 Å². The minimum atomic E-state index is -1.28. The second-order valence-electron chi connectivity index (χ2n) is 8.99. The van der Waals surface area contributed by atoms with E-state index in [1.54, 1.807) is 13.8 Å². The summed E-state index contributed by atoms with van der Waals surface area (Å²) in [6, 6.07) is 4.15. The van der Waals surface area contributed by atoms with Crippen LogP contribution in [-0.2, 0) is 25.7 Å². The summed E-state index contributed by atoms with van der Waals surface area (Å²) >= 11 is 5.85. The minimum absolute atomic E-state index is 0.0259. The van der Waals surface area contributed by atoms with Crippen LogP contribution in [-0.4, -0.2) is 68.5 Å². The molecule has 2 saturated heterocycles. The van der Waals surface area contributed by atoms with E-state index in [4.69, 9.17) is 16.7 Å². The molecule has 0 radical (unpaired) electrons. The summed E-state index contributed by atoms with van der Waals surface area (Å²) in [5.41, 5.74) is -0.171. The SMILES string of the molecule is CC1(C)C(=O)N(CCCCO)C2=C3CCN(Cc4ccc(F)c(Cl)c4)C(=O)C3C(=O)C(=O)N21. The van der Waals surface area contributed by atoms with E-state index in [2.05, 4.69) is 0 Å². The lowest BCUT2D eigenvalue weighted by Gasteiger charge is -2.41. The fourth-order valence-electron chi connectivity index (χ4n) is 4.77. The number of halogens is 2. The number of carbonyl (C=O) groups excluding carboxylic acids is 4. The van der Waals surface area contributed by atoms with Crippen LogP contribution in [0.1, 0.15) is 38.7 Å². The summed E-state index contributed by atoms with van der Waals surface area (Å²) in [5.74, 6) is -4.08. The predicted molar refractivity (Wildman–Crippen MR) is 116 cm³/mol. The summed E-state index contributed by atoms with van der Waals surface area (Å²) in [7, 11) is 0. The smallest absolute Gasteiger partial charge is 0.297 e. The number of unbranched alkanes of at least 4 members (excludes halogenated alkanes) is 1. The molecular formula is C23H25ClFN3O5. The van der Waals surface area contributed by atoms with Gasteiger partial charge in [0.1, 0.15) is 23.1 Å². The Morgan fingerprint density at radius 3 is 2.58 bits per heavy atom. The van der Waals surface area contributed by atoms with E-state index >= 15 is 0 Å². The third-order valence-corrected chi connectivity index (χ3v) is 6.75. The van der Waals surface area contributed by atoms with Crippen molar-refractivity contribution in [3.63, 3.8) is 0 Å². The molecule has 33 heavy (non-hydrogen) atoms. The standard InChI is InChI=1S/C23H25ClFN3O5/c1-23(2)22(33)27(8-3-4-10-29)19-14-7-9-26(12-13-5-6-16(25)15(24)11-13)20(31)17(14)18(30)21(32)28(19)23/h5-6,11,17,29H,3-4,7-10,12H2,1-2H3. The second kappa shape index (κ2) is 8.53. The van der Waals surface area contributed by atoms with E-state index in [1.807, 2.05) is 0 Å². The van der Waals surface area contributed by atoms with Crippen LogP contribution in [0.3, 0.4) is 0 Å². The Labute approximate surface area is 195 Å². The average molecular weight is 478 g/mol. The first-order chi connectivity index (χ1) is 15.6. The molecule has 1 aromatic rings. The highest BCUT2D eigenvalue weighted by molar-refractivity contribution is 6.43. The van der Waals surface area contributed by atoms with Gasteiger partial charge in [-0.3, -0.25) is 29.0 Å². The Hall–Kier alpha value is -2.78. The van der Waals surface area contributed by atoms with Crippen molar-refractivity contribution in [2.24, 2.45) is 5.92 Å². The number of amides is 3. The molecular weight excluding hydrogens is 453 g/mol. The van der Waals surface area contributed by atoms with Crippen LogP contribution in [0.25, 0.3) is 0 Å². The highest BCUT2D eigenvalue weighted by Gasteiger charge is 2.59. The van der Waals surface area contributed by atoms with Gasteiger partial charge in [0.25, 0.3) is 11.8 Å². The number of carbonyl (C=O) groups is 4. The van der Waals surface area contributed by atoms with Gasteiger partial charge in [0, 0.05) is 26.2 Å². The van der Waals surface area contributed by atoms with Crippen LogP contribution in [0.4, 0.5) is 4.39 Å². The van der Waals surface area contributed by atoms with Crippen LogP contribution in [0.5, 0.6) is 0 Å². The number of Topliss-reactive ketones (excluding diaryl/α,β-unsaturated/α-hetero) is 1. The first-order valence-corrected chi connectivity index (χ1v) is 11.2. The third-order valence-electron chi connectivity index (χ3n) is 6.46. The maximum absolute atomic E-state index is 13.5. The van der Waals surface area contributed by atoms with Crippen LogP contribution < -0.4 is 0 Å². The van der Waals surface area contributed by atoms with E-state index in [1.165, 1.54) is 32.9 Å². The van der Waals surface area contributed by atoms with Gasteiger partial charge in [0.15, 0.2) is 0 Å². The quantitative estimate of drug-likeness (QED) is 0.383. The Morgan fingerprint density at radius 1 is 1.18 bits per heavy atom. The van der Waals surface area contributed by atoms with Crippen molar-refractivity contribution in [2.75, 3.05) is 19.7 Å². The van der Waals surface area contributed by atoms with Crippen LogP contribution in [0, 0.1) is 11.7 Å². The van der Waals surface area contributed by atoms with Gasteiger partial charge in [-0.05, 0) is 56.4 Å². The topological polar surface area (TPSA) is 98.2 Å². The number of benzene rings is 1. The lowest BCUT2D eigenvalue weighted by molar-refractivity contribution is -0.154. The zero-order valence-electron chi connectivity index (χ0n) is 18.4. The molecule has 3 heterocycles. The van der Waals surface area contributed by atoms with E-state index in [9.17, 15) is 23.6 Å². The van der Waals surface area contributed by atoms with Crippen LogP contribution in [0.2, 0.25) is 5.02 Å². The molecule has 3 amide bonds. The molecule has 3 aliphatic heterocycles. The molecule has 1 atom stereocenters. The first kappa shape index (κ1) is 23.4. The molecule has 0 saturated carbocycles. The summed E-state index contributed by atoms with van der Waals surface area (Å²) < 4.78 is 13.5. The van der Waals surface area contributed by atoms with Crippen molar-refractivity contribution in [1.82, 2.24) is 14.7 Å². The zero-order valence-corrected chi connectivity index (χ0v) is 19.2. The number of hydrogen-bond acceptors (Lipinski definition) is 5. The highest BCUT2D eigenvalue weighted by Crippen LogP contribution is 2.44. The molecule has 0 aromatic heterocycles. The Morgan fingerprint density at radius 2 is 1.91 bits per heavy atom. The molecule has 3 aliphatic rings. The monoisotopic (exact) mass is 477 g/mol. The van der Waals surface area contributed by atoms with Crippen molar-refractivity contribution < 1.29 is 28.7 Å². The number of aliphatic hydroxyl groups excluding tert-OH is 1. The van der Waals surface area contributed by atoms with Gasteiger partial charge in [0.05, 0.1) is 5.02 Å². The first-order valence-electron chi connectivity index (χ1n) is 10.9. The van der Waals surface area contributed by atoms with Crippen molar-refractivity contribution >= 4 is 35.1 Å². The number of nitrogens with zero attached hydrogens (tertiary/aromatic N) is 3. The van der Waals surface area contributed by atoms with Gasteiger partial charge in [0.2, 0.25) is 11.7 Å². The summed E-state index contributed by atoms with van der Waals surface area (Å²) in [5, 5.41) is 9.05. The van der Waals surface area contributed by atoms with Crippen LogP contribution in [0.15, 0.2) is 29.6 Å². The lowest BCUT2D eigenvalue weighted by atomic mass is 9.83. The highest BCUT2D eigenvalue weighted by atomic mass is 35.5. The summed E-state index contributed by atoms with van der Waals surface area (Å²) in [6.07, 6.45) is 1.31. The largest absolute Gasteiger partial charge is 0.396 e.